The molecular weight excluding hydrogens is 240 g/mol. The number of fused-ring (bicyclic) bond motifs is 1. The number of hydrogen-bond donors (Lipinski definition) is 2. The summed E-state index contributed by atoms with van der Waals surface area (Å²) >= 11 is 0. The number of aromatic nitrogens is 2. The average Bonchev–Trinajstić information content (AvgIpc) is 2.48. The minimum Gasteiger partial charge on any atom is -0.312 e. The van der Waals surface area contributed by atoms with Crippen LogP contribution in [0.15, 0.2) is 36.5 Å². The first-order valence-corrected chi connectivity index (χ1v) is 6.24. The second-order valence-electron chi connectivity index (χ2n) is 4.47. The van der Waals surface area contributed by atoms with E-state index in [0.717, 1.165) is 19.5 Å². The fourth-order valence-corrected chi connectivity index (χ4v) is 2.18. The van der Waals surface area contributed by atoms with Crippen LogP contribution < -0.4 is 10.6 Å². The molecule has 0 aliphatic carbocycles. The summed E-state index contributed by atoms with van der Waals surface area (Å²) in [6.45, 7) is 1.82. The standard InChI is InChI=1S/C14H14N4O/c19-14(17-13-2-1-6-16-18-13)11-4-3-10-5-7-15-9-12(10)8-11/h1-4,6,8,15H,5,7,9H2,(H,17,18,19). The van der Waals surface area contributed by atoms with Crippen molar-refractivity contribution in [3.05, 3.63) is 53.2 Å². The van der Waals surface area contributed by atoms with Gasteiger partial charge < -0.3 is 10.6 Å². The van der Waals surface area contributed by atoms with E-state index in [-0.39, 0.29) is 5.91 Å². The highest BCUT2D eigenvalue weighted by Crippen LogP contribution is 2.16. The first kappa shape index (κ1) is 11.8. The maximum atomic E-state index is 12.1. The Morgan fingerprint density at radius 3 is 3.05 bits per heavy atom. The lowest BCUT2D eigenvalue weighted by Gasteiger charge is -2.17. The molecule has 2 heterocycles. The van der Waals surface area contributed by atoms with Crippen LogP contribution in [0.25, 0.3) is 0 Å². The maximum absolute atomic E-state index is 12.1. The summed E-state index contributed by atoms with van der Waals surface area (Å²) in [5, 5.41) is 13.6. The molecule has 0 spiro atoms. The summed E-state index contributed by atoms with van der Waals surface area (Å²) in [5.74, 6) is 0.303. The highest BCUT2D eigenvalue weighted by atomic mass is 16.1. The normalized spacial score (nSPS) is 13.7. The number of anilines is 1. The van der Waals surface area contributed by atoms with Crippen LogP contribution in [0.1, 0.15) is 21.5 Å². The summed E-state index contributed by atoms with van der Waals surface area (Å²) in [7, 11) is 0. The molecule has 2 N–H and O–H groups in total. The van der Waals surface area contributed by atoms with Gasteiger partial charge in [-0.15, -0.1) is 5.10 Å². The van der Waals surface area contributed by atoms with Crippen molar-refractivity contribution < 1.29 is 4.79 Å². The second kappa shape index (κ2) is 5.16. The third-order valence-corrected chi connectivity index (χ3v) is 3.17. The number of carbonyl (C=O) groups is 1. The molecule has 0 fully saturated rings. The molecule has 0 saturated heterocycles. The molecule has 0 atom stereocenters. The number of nitrogens with one attached hydrogen (secondary N) is 2. The van der Waals surface area contributed by atoms with Crippen molar-refractivity contribution in [2.45, 2.75) is 13.0 Å². The molecule has 5 nitrogen and oxygen atoms in total. The summed E-state index contributed by atoms with van der Waals surface area (Å²) in [5.41, 5.74) is 3.15. The lowest BCUT2D eigenvalue weighted by molar-refractivity contribution is 0.102. The highest BCUT2D eigenvalue weighted by Gasteiger charge is 2.12. The summed E-state index contributed by atoms with van der Waals surface area (Å²) < 4.78 is 0. The Hall–Kier alpha value is -2.27. The van der Waals surface area contributed by atoms with E-state index in [1.807, 2.05) is 18.2 Å². The first-order chi connectivity index (χ1) is 9.33. The van der Waals surface area contributed by atoms with Crippen LogP contribution in [-0.2, 0) is 13.0 Å². The molecule has 0 unspecified atom stereocenters. The largest absolute Gasteiger partial charge is 0.312 e. The van der Waals surface area contributed by atoms with E-state index in [1.54, 1.807) is 18.3 Å². The van der Waals surface area contributed by atoms with E-state index < -0.39 is 0 Å². The third kappa shape index (κ3) is 2.61. The Morgan fingerprint density at radius 2 is 2.21 bits per heavy atom. The molecule has 1 amide bonds. The van der Waals surface area contributed by atoms with Gasteiger partial charge in [0.15, 0.2) is 5.82 Å². The van der Waals surface area contributed by atoms with Crippen LogP contribution in [0.5, 0.6) is 0 Å². The predicted octanol–water partition coefficient (Wildman–Crippen LogP) is 1.37. The van der Waals surface area contributed by atoms with Crippen LogP contribution in [0.3, 0.4) is 0 Å². The first-order valence-electron chi connectivity index (χ1n) is 6.24. The quantitative estimate of drug-likeness (QED) is 0.849. The number of rotatable bonds is 2. The number of benzene rings is 1. The highest BCUT2D eigenvalue weighted by molar-refractivity contribution is 6.03. The summed E-state index contributed by atoms with van der Waals surface area (Å²) in [6.07, 6.45) is 2.58. The van der Waals surface area contributed by atoms with Gasteiger partial charge >= 0.3 is 0 Å². The summed E-state index contributed by atoms with van der Waals surface area (Å²) in [4.78, 5) is 12.1. The van der Waals surface area contributed by atoms with Crippen molar-refractivity contribution in [2.75, 3.05) is 11.9 Å². The molecule has 0 bridgehead atoms. The van der Waals surface area contributed by atoms with Crippen molar-refractivity contribution in [3.63, 3.8) is 0 Å². The van der Waals surface area contributed by atoms with Gasteiger partial charge in [0.25, 0.3) is 5.91 Å². The van der Waals surface area contributed by atoms with Crippen molar-refractivity contribution in [1.82, 2.24) is 15.5 Å². The van der Waals surface area contributed by atoms with Gasteiger partial charge in [-0.1, -0.05) is 6.07 Å². The molecule has 96 valence electrons. The van der Waals surface area contributed by atoms with Gasteiger partial charge in [0.2, 0.25) is 0 Å². The molecule has 5 heteroatoms. The van der Waals surface area contributed by atoms with Crippen molar-refractivity contribution in [3.8, 4) is 0 Å². The van der Waals surface area contributed by atoms with E-state index in [1.165, 1.54) is 11.1 Å². The Labute approximate surface area is 111 Å². The number of amides is 1. The van der Waals surface area contributed by atoms with Crippen molar-refractivity contribution >= 4 is 11.7 Å². The minimum atomic E-state index is -0.158. The maximum Gasteiger partial charge on any atom is 0.256 e. The zero-order valence-electron chi connectivity index (χ0n) is 10.4. The molecular formula is C14H14N4O. The lowest BCUT2D eigenvalue weighted by atomic mass is 9.98. The Bertz CT molecular complexity index is 598. The van der Waals surface area contributed by atoms with Crippen LogP contribution >= 0.6 is 0 Å². The second-order valence-corrected chi connectivity index (χ2v) is 4.47. The topological polar surface area (TPSA) is 66.9 Å². The predicted molar refractivity (Wildman–Crippen MR) is 71.8 cm³/mol. The van der Waals surface area contributed by atoms with Crippen LogP contribution in [0, 0.1) is 0 Å². The number of hydrogen-bond acceptors (Lipinski definition) is 4. The van der Waals surface area contributed by atoms with Gasteiger partial charge in [-0.05, 0) is 48.4 Å². The van der Waals surface area contributed by atoms with E-state index in [2.05, 4.69) is 20.8 Å². The van der Waals surface area contributed by atoms with Gasteiger partial charge in [-0.3, -0.25) is 4.79 Å². The Balaban J connectivity index is 1.80. The molecule has 3 rings (SSSR count). The third-order valence-electron chi connectivity index (χ3n) is 3.17. The molecule has 1 aliphatic rings. The molecule has 19 heavy (non-hydrogen) atoms. The van der Waals surface area contributed by atoms with Gasteiger partial charge in [-0.2, -0.15) is 5.10 Å². The fourth-order valence-electron chi connectivity index (χ4n) is 2.18. The van der Waals surface area contributed by atoms with E-state index in [4.69, 9.17) is 0 Å². The zero-order chi connectivity index (χ0) is 13.1. The smallest absolute Gasteiger partial charge is 0.256 e. The number of carbonyl (C=O) groups excluding carboxylic acids is 1. The van der Waals surface area contributed by atoms with Crippen LogP contribution in [-0.4, -0.2) is 22.6 Å². The Morgan fingerprint density at radius 1 is 1.26 bits per heavy atom. The monoisotopic (exact) mass is 254 g/mol. The minimum absolute atomic E-state index is 0.158. The molecule has 1 aliphatic heterocycles. The molecule has 1 aromatic carbocycles. The molecule has 0 radical (unpaired) electrons. The van der Waals surface area contributed by atoms with Gasteiger partial charge in [0.1, 0.15) is 0 Å². The van der Waals surface area contributed by atoms with Gasteiger partial charge in [0, 0.05) is 18.3 Å². The van der Waals surface area contributed by atoms with E-state index in [0.29, 0.717) is 11.4 Å². The SMILES string of the molecule is O=C(Nc1cccnn1)c1ccc2c(c1)CNCC2. The van der Waals surface area contributed by atoms with E-state index in [9.17, 15) is 4.79 Å². The molecule has 0 saturated carbocycles. The Kier molecular flexibility index (Phi) is 3.20. The fraction of sp³-hybridized carbons (Fsp3) is 0.214. The lowest BCUT2D eigenvalue weighted by Crippen LogP contribution is -2.24. The molecule has 2 aromatic rings. The van der Waals surface area contributed by atoms with E-state index >= 15 is 0 Å². The van der Waals surface area contributed by atoms with Crippen molar-refractivity contribution in [1.29, 1.82) is 0 Å². The average molecular weight is 254 g/mol. The zero-order valence-corrected chi connectivity index (χ0v) is 10.4. The van der Waals surface area contributed by atoms with Gasteiger partial charge in [0.05, 0.1) is 0 Å². The van der Waals surface area contributed by atoms with Gasteiger partial charge in [-0.25, -0.2) is 0 Å². The summed E-state index contributed by atoms with van der Waals surface area (Å²) in [6, 6.07) is 9.27. The molecule has 1 aromatic heterocycles. The van der Waals surface area contributed by atoms with Crippen LogP contribution in [0.2, 0.25) is 0 Å². The number of nitrogens with zero attached hydrogens (tertiary/aromatic N) is 2. The van der Waals surface area contributed by atoms with Crippen LogP contribution in [0.4, 0.5) is 5.82 Å². The van der Waals surface area contributed by atoms with Crippen molar-refractivity contribution in [2.24, 2.45) is 0 Å².